The summed E-state index contributed by atoms with van der Waals surface area (Å²) in [4.78, 5) is 7.43. The van der Waals surface area contributed by atoms with Gasteiger partial charge in [-0.3, -0.25) is 18.2 Å². The van der Waals surface area contributed by atoms with Gasteiger partial charge >= 0.3 is 54.6 Å². The van der Waals surface area contributed by atoms with Gasteiger partial charge in [0.25, 0.3) is 0 Å². The van der Waals surface area contributed by atoms with Crippen LogP contribution in [0.25, 0.3) is 11.1 Å². The molecule has 76 heavy (non-hydrogen) atoms. The number of hydrogen-bond donors (Lipinski definition) is 0. The van der Waals surface area contributed by atoms with Crippen molar-refractivity contribution < 1.29 is 54.6 Å². The molecule has 0 atom stereocenters. The topological polar surface area (TPSA) is 9.72 Å². The molecule has 0 fully saturated rings. The van der Waals surface area contributed by atoms with Crippen molar-refractivity contribution in [1.29, 1.82) is 0 Å². The number of para-hydroxylation sites is 1. The van der Waals surface area contributed by atoms with E-state index in [-0.39, 0.29) is 88.4 Å². The first kappa shape index (κ1) is 57.0. The van der Waals surface area contributed by atoms with Crippen molar-refractivity contribution in [3.63, 3.8) is 0 Å². The number of rotatable bonds is 6. The minimum absolute atomic E-state index is 0. The Balaban J connectivity index is 0.00000383. The van der Waals surface area contributed by atoms with Crippen LogP contribution in [0.1, 0.15) is 143 Å². The maximum atomic E-state index is 5.06. The van der Waals surface area contributed by atoms with E-state index in [1.165, 1.54) is 55.3 Å². The third-order valence-corrected chi connectivity index (χ3v) is 15.5. The van der Waals surface area contributed by atoms with Crippen LogP contribution in [0.15, 0.2) is 152 Å². The fraction of sp³-hybridized carbons (Fsp3) is 0.286. The smallest absolute Gasteiger partial charge is 0.463 e. The monoisotopic (exact) mass is 1200 g/mol. The summed E-state index contributed by atoms with van der Waals surface area (Å²) in [7, 11) is 0. The molecule has 0 bridgehead atoms. The van der Waals surface area contributed by atoms with Gasteiger partial charge in [0.05, 0.1) is 5.69 Å². The second-order valence-corrected chi connectivity index (χ2v) is 26.0. The van der Waals surface area contributed by atoms with Crippen molar-refractivity contribution in [2.45, 2.75) is 131 Å². The minimum Gasteiger partial charge on any atom is -0.463 e. The van der Waals surface area contributed by atoms with E-state index < -0.39 is 0 Å². The second kappa shape index (κ2) is 20.6. The molecule has 376 valence electrons. The van der Waals surface area contributed by atoms with Crippen LogP contribution in [0.5, 0.6) is 0 Å². The van der Waals surface area contributed by atoms with Crippen LogP contribution < -0.4 is 31.1 Å². The van der Waals surface area contributed by atoms with Crippen LogP contribution in [0.4, 0.5) is 51.2 Å². The zero-order valence-corrected chi connectivity index (χ0v) is 56.3. The molecule has 2 aliphatic rings. The number of fused-ring (bicyclic) bond motifs is 4. The summed E-state index contributed by atoms with van der Waals surface area (Å²) in [5, 5.41) is 0. The van der Waals surface area contributed by atoms with E-state index in [4.69, 9.17) is 13.8 Å². The van der Waals surface area contributed by atoms with Crippen molar-refractivity contribution in [3.8, 4) is 11.1 Å². The van der Waals surface area contributed by atoms with Gasteiger partial charge in [-0.1, -0.05) is 211 Å². The van der Waals surface area contributed by atoms with E-state index in [1.54, 1.807) is 0 Å². The molecule has 6 heteroatoms. The van der Waals surface area contributed by atoms with Crippen LogP contribution in [0.3, 0.4) is 0 Å². The van der Waals surface area contributed by atoms with Gasteiger partial charge in [-0.2, -0.15) is 31.0 Å². The SMILES string of the molecule is [CH2-]c1cc(C(C)(C)C)cc2c1N(c1[c-]ccc[c-]1)c1c([CH2-])c(C(C)(C)C)cc3c1B2c1ccc(N(c2ccc(C(C)(C)C)cc2)c2ccc(C(C)(C)C)cc2)cc1N3c1ccc(C(C)(C)C)cc1-c1ccccc1.[Cd+2].[Cd+2]. The van der Waals surface area contributed by atoms with Gasteiger partial charge in [-0.05, 0) is 97.9 Å². The number of benzene rings is 8. The Morgan fingerprint density at radius 2 is 0.961 bits per heavy atom. The summed E-state index contributed by atoms with van der Waals surface area (Å²) < 4.78 is 0. The predicted molar refractivity (Wildman–Crippen MR) is 321 cm³/mol. The molecular weight excluding hydrogens is 1120 g/mol. The van der Waals surface area contributed by atoms with Gasteiger partial charge < -0.3 is 26.8 Å². The van der Waals surface area contributed by atoms with E-state index in [9.17, 15) is 0 Å². The Morgan fingerprint density at radius 1 is 0.434 bits per heavy atom. The molecular formula is C70H74BCd2N3. The first-order valence-electron chi connectivity index (χ1n) is 26.6. The first-order valence-corrected chi connectivity index (χ1v) is 26.6. The van der Waals surface area contributed by atoms with Crippen LogP contribution in [-0.4, -0.2) is 6.71 Å². The fourth-order valence-corrected chi connectivity index (χ4v) is 11.3. The molecule has 8 aromatic rings. The van der Waals surface area contributed by atoms with E-state index in [0.29, 0.717) is 0 Å². The number of hydrogen-bond acceptors (Lipinski definition) is 3. The minimum atomic E-state index is -0.265. The van der Waals surface area contributed by atoms with Crippen LogP contribution in [-0.2, 0) is 81.7 Å². The largest absolute Gasteiger partial charge is 2.00 e. The Morgan fingerprint density at radius 3 is 1.49 bits per heavy atom. The molecule has 0 amide bonds. The average Bonchev–Trinajstić information content (AvgIpc) is 3.34. The normalized spacial score (nSPS) is 13.3. The molecule has 0 saturated carbocycles. The van der Waals surface area contributed by atoms with Crippen LogP contribution in [0, 0.1) is 26.0 Å². The quantitative estimate of drug-likeness (QED) is 0.121. The molecule has 2 aliphatic heterocycles. The maximum absolute atomic E-state index is 5.06. The van der Waals surface area contributed by atoms with E-state index in [1.807, 2.05) is 18.2 Å². The Labute approximate surface area is 498 Å². The van der Waals surface area contributed by atoms with Crippen LogP contribution >= 0.6 is 0 Å². The summed E-state index contributed by atoms with van der Waals surface area (Å²) >= 11 is 0. The molecule has 0 unspecified atom stereocenters. The Hall–Kier alpha value is -5.19. The maximum Gasteiger partial charge on any atom is 2.00 e. The van der Waals surface area contributed by atoms with Crippen molar-refractivity contribution in [2.24, 2.45) is 0 Å². The molecule has 0 saturated heterocycles. The zero-order valence-electron chi connectivity index (χ0n) is 48.2. The zero-order chi connectivity index (χ0) is 53.0. The first-order chi connectivity index (χ1) is 34.7. The van der Waals surface area contributed by atoms with Gasteiger partial charge in [0.2, 0.25) is 6.71 Å². The summed E-state index contributed by atoms with van der Waals surface area (Å²) in [6.45, 7) is 44.3. The number of nitrogens with zero attached hydrogens (tertiary/aromatic N) is 3. The van der Waals surface area contributed by atoms with Gasteiger partial charge in [-0.15, -0.1) is 11.0 Å². The summed E-state index contributed by atoms with van der Waals surface area (Å²) in [6.07, 6.45) is 0. The van der Waals surface area contributed by atoms with Crippen molar-refractivity contribution in [2.75, 3.05) is 14.7 Å². The summed E-state index contributed by atoms with van der Waals surface area (Å²) in [6, 6.07) is 64.3. The van der Waals surface area contributed by atoms with Crippen LogP contribution in [0.2, 0.25) is 0 Å². The van der Waals surface area contributed by atoms with E-state index >= 15 is 0 Å². The fourth-order valence-electron chi connectivity index (χ4n) is 11.3. The van der Waals surface area contributed by atoms with Gasteiger partial charge in [0, 0.05) is 34.0 Å². The van der Waals surface area contributed by atoms with Crippen molar-refractivity contribution in [1.82, 2.24) is 0 Å². The number of anilines is 9. The van der Waals surface area contributed by atoms with E-state index in [2.05, 4.69) is 264 Å². The molecule has 8 aromatic carbocycles. The second-order valence-electron chi connectivity index (χ2n) is 26.0. The van der Waals surface area contributed by atoms with Gasteiger partial charge in [0.15, 0.2) is 0 Å². The van der Waals surface area contributed by atoms with Crippen molar-refractivity contribution in [3.05, 3.63) is 217 Å². The van der Waals surface area contributed by atoms with Gasteiger partial charge in [0.1, 0.15) is 0 Å². The summed E-state index contributed by atoms with van der Waals surface area (Å²) in [5.41, 5.74) is 23.5. The molecule has 2 heterocycles. The molecule has 0 aliphatic carbocycles. The van der Waals surface area contributed by atoms with E-state index in [0.717, 1.165) is 62.3 Å². The molecule has 10 rings (SSSR count). The third-order valence-electron chi connectivity index (χ3n) is 15.5. The van der Waals surface area contributed by atoms with Gasteiger partial charge in [-0.25, -0.2) is 5.69 Å². The molecule has 0 spiro atoms. The average molecular weight is 1190 g/mol. The molecule has 0 aromatic heterocycles. The predicted octanol–water partition coefficient (Wildman–Crippen LogP) is 17.4. The molecule has 3 nitrogen and oxygen atoms in total. The molecule has 0 radical (unpaired) electrons. The standard InChI is InChI=1S/C70H74BN3.2Cd/c1-45-40-51(69(12,13)14)42-59-64(45)73(52-26-22-19-23-27-52)65-46(2)57(70(15,16)17)44-62-63(65)71(59)58-38-37-55(43-61(58)74(62)60-39-32-50(68(9,10)11)41-56(60)47-24-20-18-21-25-47)72(53-33-28-48(29-34-53)66(3,4)5)54-35-30-49(31-36-54)67(6,7)8;;/h18-25,28-44H,1-2H2,3-17H3;;/q-4;2*+2. The Bertz CT molecular complexity index is 3360. The third kappa shape index (κ3) is 10.4. The summed E-state index contributed by atoms with van der Waals surface area (Å²) in [5.74, 6) is 0. The Kier molecular flexibility index (Phi) is 15.4. The van der Waals surface area contributed by atoms with Crippen molar-refractivity contribution >= 4 is 74.3 Å². The molecule has 0 N–H and O–H groups in total.